The van der Waals surface area contributed by atoms with Crippen molar-refractivity contribution < 1.29 is 29.0 Å². The van der Waals surface area contributed by atoms with Gasteiger partial charge >= 0.3 is 13.6 Å². The molecule has 3 N–H and O–H groups in total. The highest BCUT2D eigenvalue weighted by molar-refractivity contribution is 7.51. The summed E-state index contributed by atoms with van der Waals surface area (Å²) in [5.41, 5.74) is 0. The minimum absolute atomic E-state index is 0.0510. The first-order chi connectivity index (χ1) is 12.8. The number of ether oxygens (including phenoxy) is 1. The molecular formula is C20H41O6P. The number of esters is 1. The van der Waals surface area contributed by atoms with Gasteiger partial charge in [-0.1, -0.05) is 84.0 Å². The molecule has 0 aromatic heterocycles. The summed E-state index contributed by atoms with van der Waals surface area (Å²) in [4.78, 5) is 29.0. The van der Waals surface area contributed by atoms with Crippen LogP contribution in [0.15, 0.2) is 0 Å². The van der Waals surface area contributed by atoms with Gasteiger partial charge in [-0.25, -0.2) is 0 Å². The fourth-order valence-electron chi connectivity index (χ4n) is 3.03. The second-order valence-electron chi connectivity index (χ2n) is 7.47. The summed E-state index contributed by atoms with van der Waals surface area (Å²) in [6, 6.07) is 0. The number of carbonyl (C=O) groups is 1. The second kappa shape index (κ2) is 17.7. The molecule has 0 aromatic rings. The lowest BCUT2D eigenvalue weighted by molar-refractivity contribution is -0.168. The SMILES string of the molecule is CCCCCCCCCCCCCCCC(=O)O[C@H](O)CCCP(=O)(O)O. The summed E-state index contributed by atoms with van der Waals surface area (Å²) >= 11 is 0. The van der Waals surface area contributed by atoms with E-state index in [1.165, 1.54) is 64.2 Å². The minimum atomic E-state index is -4.05. The Balaban J connectivity index is 3.35. The predicted molar refractivity (Wildman–Crippen MR) is 109 cm³/mol. The van der Waals surface area contributed by atoms with Gasteiger partial charge in [0, 0.05) is 12.8 Å². The lowest BCUT2D eigenvalue weighted by Crippen LogP contribution is -2.17. The molecule has 0 aliphatic carbocycles. The van der Waals surface area contributed by atoms with Crippen molar-refractivity contribution in [3.05, 3.63) is 0 Å². The fraction of sp³-hybridized carbons (Fsp3) is 0.950. The third kappa shape index (κ3) is 21.7. The van der Waals surface area contributed by atoms with E-state index in [1.807, 2.05) is 0 Å². The van der Waals surface area contributed by atoms with Crippen molar-refractivity contribution in [1.82, 2.24) is 0 Å². The molecule has 0 heterocycles. The van der Waals surface area contributed by atoms with Crippen molar-refractivity contribution >= 4 is 13.6 Å². The average Bonchev–Trinajstić information content (AvgIpc) is 2.57. The Morgan fingerprint density at radius 1 is 0.815 bits per heavy atom. The van der Waals surface area contributed by atoms with Crippen LogP contribution in [-0.4, -0.2) is 33.3 Å². The monoisotopic (exact) mass is 408 g/mol. The molecule has 0 spiro atoms. The van der Waals surface area contributed by atoms with Crippen LogP contribution >= 0.6 is 7.60 Å². The predicted octanol–water partition coefficient (Wildman–Crippen LogP) is 5.29. The van der Waals surface area contributed by atoms with Crippen molar-refractivity contribution in [2.45, 2.75) is 116 Å². The van der Waals surface area contributed by atoms with Crippen LogP contribution in [-0.2, 0) is 14.1 Å². The van der Waals surface area contributed by atoms with E-state index in [1.54, 1.807) is 0 Å². The van der Waals surface area contributed by atoms with Gasteiger partial charge in [0.25, 0.3) is 0 Å². The molecule has 27 heavy (non-hydrogen) atoms. The molecule has 0 saturated heterocycles. The number of carbonyl (C=O) groups excluding carboxylic acids is 1. The average molecular weight is 409 g/mol. The molecular weight excluding hydrogens is 367 g/mol. The van der Waals surface area contributed by atoms with Crippen molar-refractivity contribution in [1.29, 1.82) is 0 Å². The Hall–Kier alpha value is -0.420. The highest BCUT2D eigenvalue weighted by Gasteiger charge is 2.15. The maximum atomic E-state index is 11.6. The fourth-order valence-corrected chi connectivity index (χ4v) is 3.62. The van der Waals surface area contributed by atoms with Gasteiger partial charge in [0.05, 0.1) is 6.16 Å². The number of hydrogen-bond acceptors (Lipinski definition) is 4. The van der Waals surface area contributed by atoms with E-state index in [4.69, 9.17) is 14.5 Å². The third-order valence-electron chi connectivity index (χ3n) is 4.65. The van der Waals surface area contributed by atoms with E-state index < -0.39 is 19.9 Å². The van der Waals surface area contributed by atoms with Gasteiger partial charge in [-0.15, -0.1) is 0 Å². The number of aliphatic hydroxyl groups is 1. The zero-order valence-electron chi connectivity index (χ0n) is 17.1. The largest absolute Gasteiger partial charge is 0.436 e. The van der Waals surface area contributed by atoms with Gasteiger partial charge < -0.3 is 19.6 Å². The molecule has 0 aliphatic rings. The van der Waals surface area contributed by atoms with Crippen molar-refractivity contribution in [3.8, 4) is 0 Å². The van der Waals surface area contributed by atoms with Crippen LogP contribution < -0.4 is 0 Å². The van der Waals surface area contributed by atoms with E-state index >= 15 is 0 Å². The maximum Gasteiger partial charge on any atom is 0.325 e. The molecule has 0 aliphatic heterocycles. The van der Waals surface area contributed by atoms with Crippen LogP contribution in [0.5, 0.6) is 0 Å². The highest BCUT2D eigenvalue weighted by Crippen LogP contribution is 2.35. The first kappa shape index (κ1) is 26.6. The Labute approximate surface area is 165 Å². The quantitative estimate of drug-likeness (QED) is 0.116. The summed E-state index contributed by atoms with van der Waals surface area (Å²) in [6.45, 7) is 2.24. The van der Waals surface area contributed by atoms with Gasteiger partial charge in [-0.2, -0.15) is 0 Å². The zero-order chi connectivity index (χ0) is 20.4. The Morgan fingerprint density at radius 2 is 1.26 bits per heavy atom. The molecule has 0 fully saturated rings. The first-order valence-corrected chi connectivity index (χ1v) is 12.6. The third-order valence-corrected chi connectivity index (χ3v) is 5.55. The normalized spacial score (nSPS) is 12.9. The molecule has 0 aromatic carbocycles. The Morgan fingerprint density at radius 3 is 1.70 bits per heavy atom. The second-order valence-corrected chi connectivity index (χ2v) is 9.24. The molecule has 162 valence electrons. The molecule has 0 amide bonds. The molecule has 0 bridgehead atoms. The topological polar surface area (TPSA) is 104 Å². The number of aliphatic hydroxyl groups excluding tert-OH is 1. The Kier molecular flexibility index (Phi) is 17.4. The van der Waals surface area contributed by atoms with E-state index in [0.29, 0.717) is 0 Å². The van der Waals surface area contributed by atoms with Crippen LogP contribution in [0.2, 0.25) is 0 Å². The summed E-state index contributed by atoms with van der Waals surface area (Å²) in [6.07, 6.45) is 15.0. The molecule has 0 saturated carbocycles. The van der Waals surface area contributed by atoms with Crippen molar-refractivity contribution in [3.63, 3.8) is 0 Å². The first-order valence-electron chi connectivity index (χ1n) is 10.8. The maximum absolute atomic E-state index is 11.6. The lowest BCUT2D eigenvalue weighted by atomic mass is 10.0. The van der Waals surface area contributed by atoms with Crippen LogP contribution in [0.1, 0.15) is 110 Å². The molecule has 6 nitrogen and oxygen atoms in total. The molecule has 0 radical (unpaired) electrons. The smallest absolute Gasteiger partial charge is 0.325 e. The number of unbranched alkanes of at least 4 members (excludes halogenated alkanes) is 12. The zero-order valence-corrected chi connectivity index (χ0v) is 18.0. The van der Waals surface area contributed by atoms with Crippen LogP contribution in [0.3, 0.4) is 0 Å². The summed E-state index contributed by atoms with van der Waals surface area (Å²) in [5, 5.41) is 9.52. The van der Waals surface area contributed by atoms with E-state index in [2.05, 4.69) is 6.92 Å². The van der Waals surface area contributed by atoms with Gasteiger partial charge in [0.15, 0.2) is 0 Å². The summed E-state index contributed by atoms with van der Waals surface area (Å²) < 4.78 is 15.5. The standard InChI is InChI=1S/C20H41O6P/c1-2-3-4-5-6-7-8-9-10-11-12-13-14-16-19(21)26-20(22)17-15-18-27(23,24)25/h20,22H,2-18H2,1H3,(H2,23,24,25)/t20-/m0/s1. The number of rotatable bonds is 19. The van der Waals surface area contributed by atoms with Crippen LogP contribution in [0, 0.1) is 0 Å². The van der Waals surface area contributed by atoms with Gasteiger partial charge in [-0.05, 0) is 12.8 Å². The molecule has 7 heteroatoms. The van der Waals surface area contributed by atoms with E-state index in [9.17, 15) is 14.5 Å². The van der Waals surface area contributed by atoms with Crippen molar-refractivity contribution in [2.75, 3.05) is 6.16 Å². The van der Waals surface area contributed by atoms with Gasteiger partial charge in [-0.3, -0.25) is 9.36 Å². The van der Waals surface area contributed by atoms with Gasteiger partial charge in [0.2, 0.25) is 6.29 Å². The van der Waals surface area contributed by atoms with Crippen LogP contribution in [0.25, 0.3) is 0 Å². The highest BCUT2D eigenvalue weighted by atomic mass is 31.2. The van der Waals surface area contributed by atoms with E-state index in [-0.39, 0.29) is 25.4 Å². The Bertz CT molecular complexity index is 396. The van der Waals surface area contributed by atoms with Crippen LogP contribution in [0.4, 0.5) is 0 Å². The van der Waals surface area contributed by atoms with Crippen molar-refractivity contribution in [2.24, 2.45) is 0 Å². The lowest BCUT2D eigenvalue weighted by Gasteiger charge is -2.12. The van der Waals surface area contributed by atoms with E-state index in [0.717, 1.165) is 19.3 Å². The molecule has 0 rings (SSSR count). The summed E-state index contributed by atoms with van der Waals surface area (Å²) in [5.74, 6) is -0.443. The summed E-state index contributed by atoms with van der Waals surface area (Å²) in [7, 11) is -4.05. The number of hydrogen-bond donors (Lipinski definition) is 3. The molecule has 1 atom stereocenters. The van der Waals surface area contributed by atoms with Gasteiger partial charge in [0.1, 0.15) is 0 Å². The minimum Gasteiger partial charge on any atom is -0.436 e. The molecule has 0 unspecified atom stereocenters.